The number of benzene rings is 1. The molecule has 2 aliphatic rings. The van der Waals surface area contributed by atoms with E-state index in [-0.39, 0.29) is 36.2 Å². The first-order valence-electron chi connectivity index (χ1n) is 12.6. The van der Waals surface area contributed by atoms with Crippen molar-refractivity contribution in [3.05, 3.63) is 34.6 Å². The second-order valence-corrected chi connectivity index (χ2v) is 9.96. The smallest absolute Gasteiger partial charge is 0.406 e. The van der Waals surface area contributed by atoms with Crippen molar-refractivity contribution < 1.29 is 28.2 Å². The van der Waals surface area contributed by atoms with Crippen LogP contribution in [0.4, 0.5) is 14.0 Å². The first-order chi connectivity index (χ1) is 17.4. The fourth-order valence-electron chi connectivity index (χ4n) is 4.93. The minimum Gasteiger partial charge on any atom is -0.453 e. The highest BCUT2D eigenvalue weighted by Crippen LogP contribution is 2.34. The number of hydrogen-bond donors (Lipinski definition) is 3. The Morgan fingerprint density at radius 2 is 2.11 bits per heavy atom. The standard InChI is InChI=1S/C25H38ClFN4O5/c1-34-25(33)29-6-9-36-23(19-11-20(26)13-21(27)12-19)18-5-2-7-31(15-18)24(32)30-14-22(28)10-17-4-3-8-35-16-17/h11-13,17-18,22-23H,2-10,14-16,28H2,1H3,(H,29,33)(H,30,32)/t17-,18-,22?,23?/m1/s1. The van der Waals surface area contributed by atoms with E-state index in [4.69, 9.17) is 26.8 Å². The summed E-state index contributed by atoms with van der Waals surface area (Å²) in [7, 11) is 1.28. The molecule has 2 aliphatic heterocycles. The highest BCUT2D eigenvalue weighted by Gasteiger charge is 2.32. The fraction of sp³-hybridized carbons (Fsp3) is 0.680. The van der Waals surface area contributed by atoms with Crippen LogP contribution in [0.3, 0.4) is 0 Å². The molecule has 2 heterocycles. The first-order valence-corrected chi connectivity index (χ1v) is 13.0. The van der Waals surface area contributed by atoms with Crippen molar-refractivity contribution in [1.82, 2.24) is 15.5 Å². The average Bonchev–Trinajstić information content (AvgIpc) is 2.87. The molecule has 202 valence electrons. The van der Waals surface area contributed by atoms with Gasteiger partial charge in [-0.05, 0) is 61.8 Å². The molecule has 1 aromatic carbocycles. The predicted molar refractivity (Wildman–Crippen MR) is 134 cm³/mol. The van der Waals surface area contributed by atoms with E-state index in [1.54, 1.807) is 11.0 Å². The third-order valence-corrected chi connectivity index (χ3v) is 6.87. The third kappa shape index (κ3) is 9.06. The van der Waals surface area contributed by atoms with Crippen LogP contribution in [0, 0.1) is 17.7 Å². The van der Waals surface area contributed by atoms with Crippen LogP contribution in [-0.4, -0.2) is 76.2 Å². The molecule has 11 heteroatoms. The maximum Gasteiger partial charge on any atom is 0.406 e. The number of piperidine rings is 1. The molecular formula is C25H38ClFN4O5. The van der Waals surface area contributed by atoms with Crippen molar-refractivity contribution in [3.8, 4) is 0 Å². The lowest BCUT2D eigenvalue weighted by molar-refractivity contribution is -0.00865. The van der Waals surface area contributed by atoms with E-state index in [1.165, 1.54) is 19.2 Å². The number of nitrogens with two attached hydrogens (primary N) is 1. The Hall–Kier alpha value is -2.14. The summed E-state index contributed by atoms with van der Waals surface area (Å²) in [6.45, 7) is 3.43. The van der Waals surface area contributed by atoms with Crippen molar-refractivity contribution in [2.24, 2.45) is 17.6 Å². The number of carbonyl (C=O) groups excluding carboxylic acids is 2. The average molecular weight is 529 g/mol. The minimum absolute atomic E-state index is 0.0754. The Morgan fingerprint density at radius 3 is 2.83 bits per heavy atom. The van der Waals surface area contributed by atoms with Crippen LogP contribution in [0.15, 0.2) is 18.2 Å². The number of nitrogens with one attached hydrogen (secondary N) is 2. The predicted octanol–water partition coefficient (Wildman–Crippen LogP) is 3.46. The molecule has 9 nitrogen and oxygen atoms in total. The molecule has 2 saturated heterocycles. The second-order valence-electron chi connectivity index (χ2n) is 9.53. The summed E-state index contributed by atoms with van der Waals surface area (Å²) < 4.78 is 30.3. The lowest BCUT2D eigenvalue weighted by Gasteiger charge is -2.37. The van der Waals surface area contributed by atoms with Crippen molar-refractivity contribution in [2.75, 3.05) is 53.1 Å². The molecule has 2 fully saturated rings. The van der Waals surface area contributed by atoms with Gasteiger partial charge in [0.2, 0.25) is 0 Å². The molecule has 0 bridgehead atoms. The molecule has 0 radical (unpaired) electrons. The van der Waals surface area contributed by atoms with Crippen LogP contribution >= 0.6 is 11.6 Å². The van der Waals surface area contributed by atoms with Crippen molar-refractivity contribution in [2.45, 2.75) is 44.2 Å². The number of methoxy groups -OCH3 is 1. The van der Waals surface area contributed by atoms with E-state index in [9.17, 15) is 14.0 Å². The number of nitrogens with zero attached hydrogens (tertiary/aromatic N) is 1. The molecule has 0 saturated carbocycles. The zero-order valence-electron chi connectivity index (χ0n) is 20.8. The molecule has 36 heavy (non-hydrogen) atoms. The van der Waals surface area contributed by atoms with Gasteiger partial charge in [-0.2, -0.15) is 0 Å². The van der Waals surface area contributed by atoms with Crippen LogP contribution in [0.2, 0.25) is 5.02 Å². The van der Waals surface area contributed by atoms with Gasteiger partial charge in [-0.25, -0.2) is 14.0 Å². The van der Waals surface area contributed by atoms with Gasteiger partial charge >= 0.3 is 12.1 Å². The Kier molecular flexibility index (Phi) is 11.5. The number of hydrogen-bond acceptors (Lipinski definition) is 6. The zero-order valence-corrected chi connectivity index (χ0v) is 21.6. The summed E-state index contributed by atoms with van der Waals surface area (Å²) in [5.41, 5.74) is 6.87. The van der Waals surface area contributed by atoms with Gasteiger partial charge < -0.3 is 35.5 Å². The summed E-state index contributed by atoms with van der Waals surface area (Å²) in [6.07, 6.45) is 3.51. The summed E-state index contributed by atoms with van der Waals surface area (Å²) in [6, 6.07) is 4.02. The van der Waals surface area contributed by atoms with Crippen molar-refractivity contribution >= 4 is 23.7 Å². The summed E-state index contributed by atoms with van der Waals surface area (Å²) in [4.78, 5) is 26.0. The van der Waals surface area contributed by atoms with Crippen LogP contribution in [-0.2, 0) is 14.2 Å². The van der Waals surface area contributed by atoms with Gasteiger partial charge in [0.25, 0.3) is 0 Å². The van der Waals surface area contributed by atoms with Gasteiger partial charge in [0.1, 0.15) is 5.82 Å². The van der Waals surface area contributed by atoms with Crippen molar-refractivity contribution in [3.63, 3.8) is 0 Å². The third-order valence-electron chi connectivity index (χ3n) is 6.65. The number of ether oxygens (including phenoxy) is 3. The van der Waals surface area contributed by atoms with Crippen LogP contribution in [0.5, 0.6) is 0 Å². The largest absolute Gasteiger partial charge is 0.453 e. The van der Waals surface area contributed by atoms with E-state index < -0.39 is 18.0 Å². The molecular weight excluding hydrogens is 491 g/mol. The molecule has 1 aromatic rings. The van der Waals surface area contributed by atoms with Crippen molar-refractivity contribution in [1.29, 1.82) is 0 Å². The number of amides is 3. The summed E-state index contributed by atoms with van der Waals surface area (Å²) in [5, 5.41) is 5.81. The Labute approximate surface area is 217 Å². The van der Waals surface area contributed by atoms with Gasteiger partial charge in [0, 0.05) is 56.4 Å². The minimum atomic E-state index is -0.557. The Morgan fingerprint density at radius 1 is 1.28 bits per heavy atom. The number of alkyl carbamates (subject to hydrolysis) is 1. The summed E-state index contributed by atoms with van der Waals surface area (Å²) >= 11 is 6.11. The number of carbonyl (C=O) groups is 2. The molecule has 0 aliphatic carbocycles. The lowest BCUT2D eigenvalue weighted by Crippen LogP contribution is -2.49. The fourth-order valence-corrected chi connectivity index (χ4v) is 5.16. The molecule has 3 amide bonds. The quantitative estimate of drug-likeness (QED) is 0.401. The highest BCUT2D eigenvalue weighted by atomic mass is 35.5. The number of rotatable bonds is 10. The summed E-state index contributed by atoms with van der Waals surface area (Å²) in [5.74, 6) is -0.0928. The number of likely N-dealkylation sites (tertiary alicyclic amines) is 1. The van der Waals surface area contributed by atoms with Gasteiger partial charge in [0.15, 0.2) is 0 Å². The molecule has 4 atom stereocenters. The van der Waals surface area contributed by atoms with Crippen LogP contribution < -0.4 is 16.4 Å². The van der Waals surface area contributed by atoms with E-state index in [1.807, 2.05) is 0 Å². The Balaban J connectivity index is 1.57. The molecule has 0 aromatic heterocycles. The first kappa shape index (κ1) is 28.4. The van der Waals surface area contributed by atoms with Gasteiger partial charge in [0.05, 0.1) is 19.8 Å². The van der Waals surface area contributed by atoms with Gasteiger partial charge in [-0.15, -0.1) is 0 Å². The maximum atomic E-state index is 14.1. The van der Waals surface area contributed by atoms with Crippen LogP contribution in [0.25, 0.3) is 0 Å². The monoisotopic (exact) mass is 528 g/mol. The molecule has 3 rings (SSSR count). The lowest BCUT2D eigenvalue weighted by atomic mass is 9.88. The van der Waals surface area contributed by atoms with Gasteiger partial charge in [-0.3, -0.25) is 0 Å². The van der Waals surface area contributed by atoms with E-state index in [2.05, 4.69) is 15.4 Å². The molecule has 4 N–H and O–H groups in total. The number of urea groups is 1. The highest BCUT2D eigenvalue weighted by molar-refractivity contribution is 6.30. The zero-order chi connectivity index (χ0) is 25.9. The Bertz CT molecular complexity index is 837. The topological polar surface area (TPSA) is 115 Å². The maximum absolute atomic E-state index is 14.1. The number of halogens is 2. The van der Waals surface area contributed by atoms with E-state index >= 15 is 0 Å². The SMILES string of the molecule is COC(=O)NCCOC(c1cc(F)cc(Cl)c1)[C@@H]1CCCN(C(=O)NCC(N)C[C@H]2CCCOC2)C1. The molecule has 2 unspecified atom stereocenters. The van der Waals surface area contributed by atoms with Crippen LogP contribution in [0.1, 0.15) is 43.8 Å². The van der Waals surface area contributed by atoms with Gasteiger partial charge in [-0.1, -0.05) is 11.6 Å². The second kappa shape index (κ2) is 14.6. The molecule has 0 spiro atoms. The van der Waals surface area contributed by atoms with E-state index in [0.717, 1.165) is 45.3 Å². The van der Waals surface area contributed by atoms with E-state index in [0.29, 0.717) is 31.1 Å². The normalized spacial score (nSPS) is 21.9.